The molecule has 21 heavy (non-hydrogen) atoms. The molecule has 1 atom stereocenters. The second-order valence-corrected chi connectivity index (χ2v) is 4.51. The molecule has 1 aromatic carbocycles. The van der Waals surface area contributed by atoms with E-state index in [4.69, 9.17) is 4.74 Å². The molecule has 6 heteroatoms. The van der Waals surface area contributed by atoms with Crippen LogP contribution in [0.3, 0.4) is 0 Å². The SMILES string of the molecule is C[C@H](Oc1ccccc1)C(=O)Nc1cccn2ncnc12. The van der Waals surface area contributed by atoms with Gasteiger partial charge in [-0.3, -0.25) is 4.79 Å². The molecule has 0 spiro atoms. The predicted octanol–water partition coefficient (Wildman–Crippen LogP) is 2.14. The summed E-state index contributed by atoms with van der Waals surface area (Å²) < 4.78 is 7.18. The third kappa shape index (κ3) is 2.84. The number of nitrogens with one attached hydrogen (secondary N) is 1. The number of aromatic nitrogens is 3. The van der Waals surface area contributed by atoms with Gasteiger partial charge in [-0.25, -0.2) is 9.50 Å². The van der Waals surface area contributed by atoms with Gasteiger partial charge in [-0.05, 0) is 31.2 Å². The Balaban J connectivity index is 1.72. The quantitative estimate of drug-likeness (QED) is 0.796. The number of amides is 1. The van der Waals surface area contributed by atoms with Crippen LogP contribution in [0, 0.1) is 0 Å². The summed E-state index contributed by atoms with van der Waals surface area (Å²) in [4.78, 5) is 16.3. The molecule has 6 nitrogen and oxygen atoms in total. The first-order chi connectivity index (χ1) is 10.2. The molecular weight excluding hydrogens is 268 g/mol. The third-order valence-electron chi connectivity index (χ3n) is 2.99. The molecule has 0 unspecified atom stereocenters. The molecule has 0 fully saturated rings. The number of carbonyl (C=O) groups is 1. The second kappa shape index (κ2) is 5.62. The van der Waals surface area contributed by atoms with Crippen molar-refractivity contribution in [2.24, 2.45) is 0 Å². The van der Waals surface area contributed by atoms with E-state index >= 15 is 0 Å². The zero-order valence-electron chi connectivity index (χ0n) is 11.4. The Kier molecular flexibility index (Phi) is 3.51. The van der Waals surface area contributed by atoms with Crippen LogP contribution in [0.2, 0.25) is 0 Å². The van der Waals surface area contributed by atoms with E-state index in [1.54, 1.807) is 29.8 Å². The molecule has 1 amide bonds. The predicted molar refractivity (Wildman–Crippen MR) is 78.1 cm³/mol. The molecule has 0 bridgehead atoms. The van der Waals surface area contributed by atoms with Crippen LogP contribution in [0.25, 0.3) is 5.65 Å². The van der Waals surface area contributed by atoms with Crippen molar-refractivity contribution in [2.45, 2.75) is 13.0 Å². The molecule has 0 radical (unpaired) electrons. The van der Waals surface area contributed by atoms with Crippen molar-refractivity contribution in [3.63, 3.8) is 0 Å². The standard InChI is InChI=1S/C15H14N4O2/c1-11(21-12-6-3-2-4-7-12)15(20)18-13-8-5-9-19-14(13)16-10-17-19/h2-11H,1H3,(H,18,20)/t11-/m0/s1. The van der Waals surface area contributed by atoms with Gasteiger partial charge in [-0.2, -0.15) is 5.10 Å². The van der Waals surface area contributed by atoms with Gasteiger partial charge in [-0.15, -0.1) is 0 Å². The molecule has 106 valence electrons. The largest absolute Gasteiger partial charge is 0.481 e. The summed E-state index contributed by atoms with van der Waals surface area (Å²) in [6.45, 7) is 1.70. The lowest BCUT2D eigenvalue weighted by atomic mass is 10.3. The van der Waals surface area contributed by atoms with E-state index in [1.165, 1.54) is 6.33 Å². The van der Waals surface area contributed by atoms with Gasteiger partial charge in [0.1, 0.15) is 12.1 Å². The minimum atomic E-state index is -0.615. The highest BCUT2D eigenvalue weighted by Gasteiger charge is 2.16. The third-order valence-corrected chi connectivity index (χ3v) is 2.99. The van der Waals surface area contributed by atoms with Crippen molar-refractivity contribution < 1.29 is 9.53 Å². The lowest BCUT2D eigenvalue weighted by molar-refractivity contribution is -0.122. The van der Waals surface area contributed by atoms with Crippen molar-refractivity contribution in [1.82, 2.24) is 14.6 Å². The second-order valence-electron chi connectivity index (χ2n) is 4.51. The number of benzene rings is 1. The summed E-state index contributed by atoms with van der Waals surface area (Å²) in [5.41, 5.74) is 1.20. The fraction of sp³-hybridized carbons (Fsp3) is 0.133. The molecule has 0 aliphatic heterocycles. The van der Waals surface area contributed by atoms with Crippen molar-refractivity contribution in [2.75, 3.05) is 5.32 Å². The number of anilines is 1. The number of rotatable bonds is 4. The zero-order valence-corrected chi connectivity index (χ0v) is 11.4. The fourth-order valence-electron chi connectivity index (χ4n) is 1.94. The van der Waals surface area contributed by atoms with Crippen LogP contribution in [0.4, 0.5) is 5.69 Å². The lowest BCUT2D eigenvalue weighted by Gasteiger charge is -2.14. The van der Waals surface area contributed by atoms with E-state index in [0.29, 0.717) is 17.1 Å². The van der Waals surface area contributed by atoms with Gasteiger partial charge in [0.2, 0.25) is 0 Å². The maximum atomic E-state index is 12.2. The smallest absolute Gasteiger partial charge is 0.265 e. The number of pyridine rings is 1. The van der Waals surface area contributed by atoms with Gasteiger partial charge < -0.3 is 10.1 Å². The number of para-hydroxylation sites is 1. The number of hydrogen-bond acceptors (Lipinski definition) is 4. The van der Waals surface area contributed by atoms with Gasteiger partial charge in [0.25, 0.3) is 5.91 Å². The highest BCUT2D eigenvalue weighted by atomic mass is 16.5. The van der Waals surface area contributed by atoms with Crippen LogP contribution in [0.5, 0.6) is 5.75 Å². The number of carbonyl (C=O) groups excluding carboxylic acids is 1. The molecule has 3 aromatic rings. The molecule has 0 aliphatic carbocycles. The van der Waals surface area contributed by atoms with Crippen molar-refractivity contribution in [3.05, 3.63) is 55.0 Å². The fourth-order valence-corrected chi connectivity index (χ4v) is 1.94. The molecule has 2 heterocycles. The Hall–Kier alpha value is -2.89. The van der Waals surface area contributed by atoms with Gasteiger partial charge >= 0.3 is 0 Å². The van der Waals surface area contributed by atoms with Crippen LogP contribution >= 0.6 is 0 Å². The van der Waals surface area contributed by atoms with Crippen molar-refractivity contribution in [3.8, 4) is 5.75 Å². The molecular formula is C15H14N4O2. The summed E-state index contributed by atoms with van der Waals surface area (Å²) >= 11 is 0. The first-order valence-corrected chi connectivity index (χ1v) is 6.55. The topological polar surface area (TPSA) is 68.5 Å². The Labute approximate surface area is 121 Å². The maximum Gasteiger partial charge on any atom is 0.265 e. The number of hydrogen-bond donors (Lipinski definition) is 1. The highest BCUT2D eigenvalue weighted by molar-refractivity contribution is 5.96. The summed E-state index contributed by atoms with van der Waals surface area (Å²) in [6, 6.07) is 12.8. The van der Waals surface area contributed by atoms with E-state index in [2.05, 4.69) is 15.4 Å². The Morgan fingerprint density at radius 2 is 2.05 bits per heavy atom. The molecule has 0 aliphatic rings. The molecule has 2 aromatic heterocycles. The van der Waals surface area contributed by atoms with E-state index in [0.717, 1.165) is 0 Å². The van der Waals surface area contributed by atoms with Gasteiger partial charge in [-0.1, -0.05) is 18.2 Å². The summed E-state index contributed by atoms with van der Waals surface area (Å²) in [5.74, 6) is 0.413. The van der Waals surface area contributed by atoms with E-state index in [1.807, 2.05) is 30.3 Å². The molecule has 0 saturated carbocycles. The summed E-state index contributed by atoms with van der Waals surface area (Å²) in [6.07, 6.45) is 2.59. The average Bonchev–Trinajstić information content (AvgIpc) is 2.98. The van der Waals surface area contributed by atoms with Crippen molar-refractivity contribution >= 4 is 17.2 Å². The van der Waals surface area contributed by atoms with E-state index in [9.17, 15) is 4.79 Å². The Bertz CT molecular complexity index is 754. The monoisotopic (exact) mass is 282 g/mol. The lowest BCUT2D eigenvalue weighted by Crippen LogP contribution is -2.30. The van der Waals surface area contributed by atoms with E-state index in [-0.39, 0.29) is 5.91 Å². The Morgan fingerprint density at radius 1 is 1.24 bits per heavy atom. The van der Waals surface area contributed by atoms with Crippen LogP contribution < -0.4 is 10.1 Å². The summed E-state index contributed by atoms with van der Waals surface area (Å²) in [7, 11) is 0. The van der Waals surface area contributed by atoms with Crippen LogP contribution in [0.1, 0.15) is 6.92 Å². The molecule has 3 rings (SSSR count). The minimum absolute atomic E-state index is 0.241. The highest BCUT2D eigenvalue weighted by Crippen LogP contribution is 2.15. The average molecular weight is 282 g/mol. The molecule has 1 N–H and O–H groups in total. The van der Waals surface area contributed by atoms with Crippen molar-refractivity contribution in [1.29, 1.82) is 0 Å². The Morgan fingerprint density at radius 3 is 2.86 bits per heavy atom. The number of nitrogens with zero attached hydrogens (tertiary/aromatic N) is 3. The van der Waals surface area contributed by atoms with Crippen LogP contribution in [0.15, 0.2) is 55.0 Å². The molecule has 0 saturated heterocycles. The van der Waals surface area contributed by atoms with E-state index < -0.39 is 6.10 Å². The zero-order chi connectivity index (χ0) is 14.7. The first kappa shape index (κ1) is 13.1. The maximum absolute atomic E-state index is 12.2. The van der Waals surface area contributed by atoms with Crippen LogP contribution in [-0.2, 0) is 4.79 Å². The van der Waals surface area contributed by atoms with Gasteiger partial charge in [0, 0.05) is 6.20 Å². The number of fused-ring (bicyclic) bond motifs is 1. The van der Waals surface area contributed by atoms with Crippen LogP contribution in [-0.4, -0.2) is 26.6 Å². The minimum Gasteiger partial charge on any atom is -0.481 e. The summed E-state index contributed by atoms with van der Waals surface area (Å²) in [5, 5.41) is 6.83. The van der Waals surface area contributed by atoms with Gasteiger partial charge in [0.15, 0.2) is 11.8 Å². The first-order valence-electron chi connectivity index (χ1n) is 6.55. The normalized spacial score (nSPS) is 12.0. The number of ether oxygens (including phenoxy) is 1. The van der Waals surface area contributed by atoms with Gasteiger partial charge in [0.05, 0.1) is 5.69 Å².